The van der Waals surface area contributed by atoms with Crippen LogP contribution in [0.2, 0.25) is 0 Å². The van der Waals surface area contributed by atoms with E-state index in [9.17, 15) is 13.2 Å². The molecule has 0 aromatic heterocycles. The Balaban J connectivity index is 1.51. The SMILES string of the molecule is COc1ccc(NS(=O)(=O)c2ccc(NC(=S)NC(=O)COc3ccc(C)cc3)cc2)cc1. The zero-order valence-electron chi connectivity index (χ0n) is 18.0. The third-order valence-electron chi connectivity index (χ3n) is 4.41. The van der Waals surface area contributed by atoms with Crippen LogP contribution in [0.5, 0.6) is 11.5 Å². The molecule has 1 amide bonds. The van der Waals surface area contributed by atoms with E-state index in [1.54, 1.807) is 48.5 Å². The fourth-order valence-electron chi connectivity index (χ4n) is 2.70. The van der Waals surface area contributed by atoms with E-state index in [1.165, 1.54) is 19.2 Å². The van der Waals surface area contributed by atoms with Gasteiger partial charge in [-0.15, -0.1) is 0 Å². The molecule has 0 atom stereocenters. The summed E-state index contributed by atoms with van der Waals surface area (Å²) in [5, 5.41) is 5.42. The van der Waals surface area contributed by atoms with Crippen LogP contribution in [0.25, 0.3) is 0 Å². The third kappa shape index (κ3) is 7.19. The molecule has 8 nitrogen and oxygen atoms in total. The summed E-state index contributed by atoms with van der Waals surface area (Å²) < 4.78 is 38.1. The van der Waals surface area contributed by atoms with Gasteiger partial charge in [0.05, 0.1) is 12.0 Å². The quantitative estimate of drug-likeness (QED) is 0.418. The van der Waals surface area contributed by atoms with Gasteiger partial charge in [-0.25, -0.2) is 8.42 Å². The van der Waals surface area contributed by atoms with Crippen molar-refractivity contribution in [2.24, 2.45) is 0 Å². The Morgan fingerprint density at radius 1 is 0.879 bits per heavy atom. The fraction of sp³-hybridized carbons (Fsp3) is 0.130. The minimum Gasteiger partial charge on any atom is -0.497 e. The molecule has 0 saturated carbocycles. The van der Waals surface area contributed by atoms with E-state index in [0.717, 1.165) is 5.56 Å². The van der Waals surface area contributed by atoms with Crippen molar-refractivity contribution in [1.82, 2.24) is 5.32 Å². The van der Waals surface area contributed by atoms with Crippen molar-refractivity contribution in [3.8, 4) is 11.5 Å². The molecule has 0 radical (unpaired) electrons. The molecule has 0 heterocycles. The summed E-state index contributed by atoms with van der Waals surface area (Å²) in [7, 11) is -2.24. The average Bonchev–Trinajstić information content (AvgIpc) is 2.79. The third-order valence-corrected chi connectivity index (χ3v) is 6.01. The summed E-state index contributed by atoms with van der Waals surface area (Å²) in [6.07, 6.45) is 0. The van der Waals surface area contributed by atoms with Crippen molar-refractivity contribution in [3.05, 3.63) is 78.4 Å². The number of amides is 1. The summed E-state index contributed by atoms with van der Waals surface area (Å²) in [6, 6.07) is 19.8. The van der Waals surface area contributed by atoms with Gasteiger partial charge in [-0.05, 0) is 79.8 Å². The van der Waals surface area contributed by atoms with Crippen LogP contribution in [0.15, 0.2) is 77.7 Å². The van der Waals surface area contributed by atoms with E-state index in [0.29, 0.717) is 22.9 Å². The molecule has 33 heavy (non-hydrogen) atoms. The number of carbonyl (C=O) groups is 1. The van der Waals surface area contributed by atoms with Gasteiger partial charge >= 0.3 is 0 Å². The standard InChI is InChI=1S/C23H23N3O5S2/c1-16-3-9-20(10-4-16)31-15-22(27)25-23(32)24-17-7-13-21(14-8-17)33(28,29)26-18-5-11-19(30-2)12-6-18/h3-14,26H,15H2,1-2H3,(H2,24,25,27,32). The fourth-order valence-corrected chi connectivity index (χ4v) is 3.99. The monoisotopic (exact) mass is 485 g/mol. The molecule has 3 aromatic carbocycles. The predicted molar refractivity (Wildman–Crippen MR) is 131 cm³/mol. The number of benzene rings is 3. The Bertz CT molecular complexity index is 1210. The number of rotatable bonds is 8. The molecule has 0 aliphatic carbocycles. The molecular weight excluding hydrogens is 462 g/mol. The maximum absolute atomic E-state index is 12.6. The van der Waals surface area contributed by atoms with Crippen LogP contribution in [0.4, 0.5) is 11.4 Å². The highest BCUT2D eigenvalue weighted by Gasteiger charge is 2.14. The van der Waals surface area contributed by atoms with Crippen molar-refractivity contribution in [2.75, 3.05) is 23.8 Å². The Labute approximate surface area is 198 Å². The van der Waals surface area contributed by atoms with E-state index >= 15 is 0 Å². The summed E-state index contributed by atoms with van der Waals surface area (Å²) >= 11 is 5.13. The highest BCUT2D eigenvalue weighted by atomic mass is 32.2. The lowest BCUT2D eigenvalue weighted by Crippen LogP contribution is -2.37. The van der Waals surface area contributed by atoms with Crippen LogP contribution >= 0.6 is 12.2 Å². The topological polar surface area (TPSA) is 106 Å². The van der Waals surface area contributed by atoms with Gasteiger partial charge in [0.15, 0.2) is 11.7 Å². The normalized spacial score (nSPS) is 10.7. The zero-order chi connectivity index (χ0) is 23.8. The number of methoxy groups -OCH3 is 1. The number of ether oxygens (including phenoxy) is 2. The Morgan fingerprint density at radius 3 is 2.06 bits per heavy atom. The van der Waals surface area contributed by atoms with Crippen LogP contribution in [-0.2, 0) is 14.8 Å². The number of thiocarbonyl (C=S) groups is 1. The van der Waals surface area contributed by atoms with Gasteiger partial charge in [-0.2, -0.15) is 0 Å². The lowest BCUT2D eigenvalue weighted by molar-refractivity contribution is -0.121. The Kier molecular flexibility index (Phi) is 7.86. The van der Waals surface area contributed by atoms with Crippen molar-refractivity contribution < 1.29 is 22.7 Å². The van der Waals surface area contributed by atoms with Crippen LogP contribution in [0.1, 0.15) is 5.56 Å². The van der Waals surface area contributed by atoms with E-state index in [-0.39, 0.29) is 16.6 Å². The maximum Gasteiger partial charge on any atom is 0.264 e. The van der Waals surface area contributed by atoms with Crippen LogP contribution in [0.3, 0.4) is 0 Å². The molecule has 0 fully saturated rings. The largest absolute Gasteiger partial charge is 0.497 e. The van der Waals surface area contributed by atoms with Crippen LogP contribution in [0, 0.1) is 6.92 Å². The van der Waals surface area contributed by atoms with E-state index in [2.05, 4.69) is 15.4 Å². The number of hydrogen-bond donors (Lipinski definition) is 3. The number of carbonyl (C=O) groups excluding carboxylic acids is 1. The number of sulfonamides is 1. The van der Waals surface area contributed by atoms with Gasteiger partial charge < -0.3 is 14.8 Å². The van der Waals surface area contributed by atoms with Crippen LogP contribution in [-0.4, -0.2) is 33.2 Å². The lowest BCUT2D eigenvalue weighted by atomic mass is 10.2. The molecule has 3 aromatic rings. The smallest absolute Gasteiger partial charge is 0.264 e. The second kappa shape index (κ2) is 10.8. The molecule has 0 spiro atoms. The number of anilines is 2. The second-order valence-electron chi connectivity index (χ2n) is 6.96. The molecule has 0 unspecified atom stereocenters. The van der Waals surface area contributed by atoms with Crippen molar-refractivity contribution in [2.45, 2.75) is 11.8 Å². The molecule has 0 bridgehead atoms. The summed E-state index contributed by atoms with van der Waals surface area (Å²) in [4.78, 5) is 12.1. The number of hydrogen-bond acceptors (Lipinski definition) is 6. The van der Waals surface area contributed by atoms with E-state index < -0.39 is 15.9 Å². The molecule has 3 rings (SSSR count). The Hall–Kier alpha value is -3.63. The van der Waals surface area contributed by atoms with Gasteiger partial charge in [0.25, 0.3) is 15.9 Å². The van der Waals surface area contributed by atoms with Crippen molar-refractivity contribution in [1.29, 1.82) is 0 Å². The molecule has 0 saturated heterocycles. The van der Waals surface area contributed by atoms with Gasteiger partial charge in [-0.3, -0.25) is 14.8 Å². The highest BCUT2D eigenvalue weighted by molar-refractivity contribution is 7.92. The van der Waals surface area contributed by atoms with Gasteiger partial charge in [-0.1, -0.05) is 17.7 Å². The first-order valence-corrected chi connectivity index (χ1v) is 11.7. The predicted octanol–water partition coefficient (Wildman–Crippen LogP) is 3.70. The van der Waals surface area contributed by atoms with Gasteiger partial charge in [0.2, 0.25) is 0 Å². The summed E-state index contributed by atoms with van der Waals surface area (Å²) in [5.41, 5.74) is 2.02. The maximum atomic E-state index is 12.6. The summed E-state index contributed by atoms with van der Waals surface area (Å²) in [5.74, 6) is 0.781. The molecule has 0 aliphatic heterocycles. The summed E-state index contributed by atoms with van der Waals surface area (Å²) in [6.45, 7) is 1.76. The first-order valence-electron chi connectivity index (χ1n) is 9.82. The first kappa shape index (κ1) is 24.0. The number of aryl methyl sites for hydroxylation is 1. The minimum absolute atomic E-state index is 0.0690. The van der Waals surface area contributed by atoms with Crippen molar-refractivity contribution in [3.63, 3.8) is 0 Å². The number of nitrogens with one attached hydrogen (secondary N) is 3. The zero-order valence-corrected chi connectivity index (χ0v) is 19.6. The molecule has 3 N–H and O–H groups in total. The first-order chi connectivity index (χ1) is 15.7. The van der Waals surface area contributed by atoms with Crippen LogP contribution < -0.4 is 24.8 Å². The van der Waals surface area contributed by atoms with Gasteiger partial charge in [0, 0.05) is 11.4 Å². The molecule has 0 aliphatic rings. The highest BCUT2D eigenvalue weighted by Crippen LogP contribution is 2.20. The lowest BCUT2D eigenvalue weighted by Gasteiger charge is -2.12. The molecular formula is C23H23N3O5S2. The molecule has 10 heteroatoms. The van der Waals surface area contributed by atoms with Gasteiger partial charge in [0.1, 0.15) is 11.5 Å². The second-order valence-corrected chi connectivity index (χ2v) is 9.05. The van der Waals surface area contributed by atoms with Crippen molar-refractivity contribution >= 4 is 44.6 Å². The van der Waals surface area contributed by atoms with E-state index in [1.807, 2.05) is 19.1 Å². The molecule has 172 valence electrons. The minimum atomic E-state index is -3.77. The average molecular weight is 486 g/mol. The van der Waals surface area contributed by atoms with E-state index in [4.69, 9.17) is 21.7 Å². The Morgan fingerprint density at radius 2 is 1.45 bits per heavy atom.